The van der Waals surface area contributed by atoms with Crippen molar-refractivity contribution >= 4 is 5.91 Å². The maximum absolute atomic E-state index is 12.5. The molecule has 0 radical (unpaired) electrons. The van der Waals surface area contributed by atoms with Gasteiger partial charge in [0.25, 0.3) is 5.91 Å². The van der Waals surface area contributed by atoms with Gasteiger partial charge >= 0.3 is 0 Å². The summed E-state index contributed by atoms with van der Waals surface area (Å²) < 4.78 is 1.88. The molecule has 0 unspecified atom stereocenters. The molecule has 2 aliphatic heterocycles. The van der Waals surface area contributed by atoms with Crippen molar-refractivity contribution in [3.05, 3.63) is 11.9 Å². The van der Waals surface area contributed by atoms with Crippen molar-refractivity contribution in [1.29, 1.82) is 0 Å². The lowest BCUT2D eigenvalue weighted by molar-refractivity contribution is 0.0682. The summed E-state index contributed by atoms with van der Waals surface area (Å²) in [6.07, 6.45) is 7.39. The zero-order valence-electron chi connectivity index (χ0n) is 12.8. The van der Waals surface area contributed by atoms with Crippen LogP contribution >= 0.6 is 0 Å². The lowest BCUT2D eigenvalue weighted by atomic mass is 9.94. The number of carbonyl (C=O) groups excluding carboxylic acids is 1. The monoisotopic (exact) mass is 291 g/mol. The number of rotatable bonds is 3. The van der Waals surface area contributed by atoms with Gasteiger partial charge in [-0.25, -0.2) is 4.68 Å². The Bertz CT molecular complexity index is 472. The van der Waals surface area contributed by atoms with Gasteiger partial charge in [-0.1, -0.05) is 18.6 Å². The van der Waals surface area contributed by atoms with Gasteiger partial charge in [0.05, 0.1) is 12.2 Å². The number of nitrogens with one attached hydrogen (secondary N) is 1. The summed E-state index contributed by atoms with van der Waals surface area (Å²) >= 11 is 0. The number of carbonyl (C=O) groups is 1. The molecule has 0 spiro atoms. The van der Waals surface area contributed by atoms with E-state index in [-0.39, 0.29) is 5.91 Å². The summed E-state index contributed by atoms with van der Waals surface area (Å²) in [5.74, 6) is 0.823. The smallest absolute Gasteiger partial charge is 0.276 e. The molecule has 6 nitrogen and oxygen atoms in total. The van der Waals surface area contributed by atoms with Crippen LogP contribution in [0, 0.1) is 5.92 Å². The number of likely N-dealkylation sites (tertiary alicyclic amines) is 1. The van der Waals surface area contributed by atoms with Gasteiger partial charge in [0.15, 0.2) is 5.69 Å². The molecule has 6 heteroatoms. The first-order chi connectivity index (χ1) is 10.3. The molecule has 1 aromatic rings. The Morgan fingerprint density at radius 1 is 1.29 bits per heavy atom. The average Bonchev–Trinajstić information content (AvgIpc) is 3.05. The van der Waals surface area contributed by atoms with Gasteiger partial charge in [0.2, 0.25) is 0 Å². The lowest BCUT2D eigenvalue weighted by Gasteiger charge is -2.30. The van der Waals surface area contributed by atoms with Crippen molar-refractivity contribution < 1.29 is 4.79 Å². The molecular formula is C15H25N5O. The first-order valence-corrected chi connectivity index (χ1v) is 8.19. The molecule has 0 aromatic carbocycles. The minimum atomic E-state index is 0.0461. The van der Waals surface area contributed by atoms with E-state index in [9.17, 15) is 4.79 Å². The van der Waals surface area contributed by atoms with E-state index in [1.807, 2.05) is 15.8 Å². The quantitative estimate of drug-likeness (QED) is 0.916. The number of amides is 1. The Hall–Kier alpha value is -1.43. The molecule has 2 aliphatic rings. The van der Waals surface area contributed by atoms with E-state index in [0.29, 0.717) is 11.7 Å². The van der Waals surface area contributed by atoms with Gasteiger partial charge < -0.3 is 10.2 Å². The number of hydrogen-bond donors (Lipinski definition) is 1. The molecule has 0 aliphatic carbocycles. The molecule has 2 fully saturated rings. The van der Waals surface area contributed by atoms with E-state index in [1.165, 1.54) is 6.42 Å². The Labute approximate surface area is 125 Å². The van der Waals surface area contributed by atoms with Crippen molar-refractivity contribution in [2.45, 2.75) is 45.1 Å². The predicted octanol–water partition coefficient (Wildman–Crippen LogP) is 1.46. The Morgan fingerprint density at radius 2 is 2.00 bits per heavy atom. The van der Waals surface area contributed by atoms with E-state index >= 15 is 0 Å². The molecule has 1 N–H and O–H groups in total. The van der Waals surface area contributed by atoms with E-state index in [1.54, 1.807) is 0 Å². The van der Waals surface area contributed by atoms with Crippen LogP contribution in [0.2, 0.25) is 0 Å². The van der Waals surface area contributed by atoms with Crippen molar-refractivity contribution in [3.8, 4) is 0 Å². The summed E-state index contributed by atoms with van der Waals surface area (Å²) in [6, 6.07) is 0.381. The molecular weight excluding hydrogens is 266 g/mol. The Balaban J connectivity index is 1.61. The van der Waals surface area contributed by atoms with Gasteiger partial charge in [-0.15, -0.1) is 5.10 Å². The summed E-state index contributed by atoms with van der Waals surface area (Å²) in [7, 11) is 0. The normalized spacial score (nSPS) is 21.7. The maximum Gasteiger partial charge on any atom is 0.276 e. The first kappa shape index (κ1) is 14.5. The van der Waals surface area contributed by atoms with Crippen molar-refractivity contribution in [3.63, 3.8) is 0 Å². The molecule has 3 rings (SSSR count). The topological polar surface area (TPSA) is 63.1 Å². The van der Waals surface area contributed by atoms with Crippen LogP contribution in [0.25, 0.3) is 0 Å². The van der Waals surface area contributed by atoms with Crippen LogP contribution in [0.4, 0.5) is 0 Å². The Kier molecular flexibility index (Phi) is 4.53. The van der Waals surface area contributed by atoms with E-state index < -0.39 is 0 Å². The van der Waals surface area contributed by atoms with Gasteiger partial charge in [0, 0.05) is 13.1 Å². The minimum absolute atomic E-state index is 0.0461. The van der Waals surface area contributed by atoms with Crippen molar-refractivity contribution in [2.75, 3.05) is 26.2 Å². The summed E-state index contributed by atoms with van der Waals surface area (Å²) in [6.45, 7) is 5.97. The second kappa shape index (κ2) is 6.56. The highest BCUT2D eigenvalue weighted by atomic mass is 16.2. The maximum atomic E-state index is 12.5. The molecule has 3 heterocycles. The van der Waals surface area contributed by atoms with Crippen LogP contribution in [0.1, 0.15) is 55.6 Å². The third-order valence-electron chi connectivity index (χ3n) is 4.89. The molecule has 1 aromatic heterocycles. The summed E-state index contributed by atoms with van der Waals surface area (Å²) in [4.78, 5) is 14.4. The van der Waals surface area contributed by atoms with Crippen molar-refractivity contribution in [1.82, 2.24) is 25.2 Å². The molecule has 2 saturated heterocycles. The van der Waals surface area contributed by atoms with Crippen LogP contribution < -0.4 is 5.32 Å². The average molecular weight is 291 g/mol. The highest BCUT2D eigenvalue weighted by Gasteiger charge is 2.25. The number of hydrogen-bond acceptors (Lipinski definition) is 4. The van der Waals surface area contributed by atoms with E-state index in [2.05, 4.69) is 22.6 Å². The number of aromatic nitrogens is 3. The van der Waals surface area contributed by atoms with E-state index in [0.717, 1.165) is 57.8 Å². The number of piperidine rings is 2. The fraction of sp³-hybridized carbons (Fsp3) is 0.800. The standard InChI is InChI=1S/C15H25N5O/c1-2-12-5-9-19(10-6-12)15(21)14-11-20(18-17-14)13-3-7-16-8-4-13/h11-13,16H,2-10H2,1H3. The highest BCUT2D eigenvalue weighted by molar-refractivity contribution is 5.92. The fourth-order valence-corrected chi connectivity index (χ4v) is 3.33. The second-order valence-corrected chi connectivity index (χ2v) is 6.21. The van der Waals surface area contributed by atoms with Crippen molar-refractivity contribution in [2.24, 2.45) is 5.92 Å². The first-order valence-electron chi connectivity index (χ1n) is 8.19. The highest BCUT2D eigenvalue weighted by Crippen LogP contribution is 2.22. The van der Waals surface area contributed by atoms with Crippen LogP contribution in [0.5, 0.6) is 0 Å². The van der Waals surface area contributed by atoms with Gasteiger partial charge in [-0.2, -0.15) is 0 Å². The van der Waals surface area contributed by atoms with Gasteiger partial charge in [-0.05, 0) is 44.7 Å². The molecule has 116 valence electrons. The van der Waals surface area contributed by atoms with Gasteiger partial charge in [0.1, 0.15) is 0 Å². The van der Waals surface area contributed by atoms with E-state index in [4.69, 9.17) is 0 Å². The zero-order chi connectivity index (χ0) is 14.7. The molecule has 0 atom stereocenters. The molecule has 1 amide bonds. The van der Waals surface area contributed by atoms with Gasteiger partial charge in [-0.3, -0.25) is 4.79 Å². The third-order valence-corrected chi connectivity index (χ3v) is 4.89. The largest absolute Gasteiger partial charge is 0.337 e. The number of nitrogens with zero attached hydrogens (tertiary/aromatic N) is 4. The minimum Gasteiger partial charge on any atom is -0.337 e. The molecule has 21 heavy (non-hydrogen) atoms. The predicted molar refractivity (Wildman–Crippen MR) is 80.1 cm³/mol. The Morgan fingerprint density at radius 3 is 2.67 bits per heavy atom. The molecule has 0 bridgehead atoms. The van der Waals surface area contributed by atoms with Crippen LogP contribution in [-0.2, 0) is 0 Å². The van der Waals surface area contributed by atoms with Crippen LogP contribution in [0.3, 0.4) is 0 Å². The lowest BCUT2D eigenvalue weighted by Crippen LogP contribution is -2.38. The molecule has 0 saturated carbocycles. The summed E-state index contributed by atoms with van der Waals surface area (Å²) in [5, 5.41) is 11.6. The SMILES string of the molecule is CCC1CCN(C(=O)c2cn(C3CCNCC3)nn2)CC1. The van der Waals surface area contributed by atoms with Crippen LogP contribution in [0.15, 0.2) is 6.20 Å². The third kappa shape index (κ3) is 3.26. The summed E-state index contributed by atoms with van der Waals surface area (Å²) in [5.41, 5.74) is 0.503. The second-order valence-electron chi connectivity index (χ2n) is 6.21. The van der Waals surface area contributed by atoms with Crippen LogP contribution in [-0.4, -0.2) is 52.0 Å². The fourth-order valence-electron chi connectivity index (χ4n) is 3.33. The zero-order valence-corrected chi connectivity index (χ0v) is 12.8.